The lowest BCUT2D eigenvalue weighted by Crippen LogP contribution is -2.25. The van der Waals surface area contributed by atoms with Crippen molar-refractivity contribution in [3.05, 3.63) is 66.8 Å². The van der Waals surface area contributed by atoms with E-state index in [1.165, 1.54) is 67.7 Å². The molecule has 2 aliphatic carbocycles. The fourth-order valence-corrected chi connectivity index (χ4v) is 5.60. The second-order valence-corrected chi connectivity index (χ2v) is 9.17. The summed E-state index contributed by atoms with van der Waals surface area (Å²) in [5.41, 5.74) is 1.54. The smallest absolute Gasteiger partial charge is 0.120 e. The molecule has 0 N–H and O–H groups in total. The number of ether oxygens (including phenoxy) is 1. The largest absolute Gasteiger partial charge is 0.490 e. The molecule has 0 aromatic heterocycles. The Hall–Kier alpha value is -2.02. The van der Waals surface area contributed by atoms with Crippen molar-refractivity contribution in [3.8, 4) is 5.75 Å². The lowest BCUT2D eigenvalue weighted by atomic mass is 9.68. The first-order valence-electron chi connectivity index (χ1n) is 11.7. The fraction of sp³-hybridized carbons (Fsp3) is 0.500. The topological polar surface area (TPSA) is 9.23 Å². The highest BCUT2D eigenvalue weighted by Gasteiger charge is 2.30. The van der Waals surface area contributed by atoms with Crippen LogP contribution in [0.5, 0.6) is 5.75 Å². The monoisotopic (exact) mass is 388 g/mol. The molecule has 0 saturated heterocycles. The van der Waals surface area contributed by atoms with Gasteiger partial charge in [-0.15, -0.1) is 6.58 Å². The summed E-state index contributed by atoms with van der Waals surface area (Å²) in [5.74, 6) is 4.43. The van der Waals surface area contributed by atoms with Gasteiger partial charge in [0, 0.05) is 0 Å². The molecule has 2 aromatic carbocycles. The molecule has 2 aromatic rings. The van der Waals surface area contributed by atoms with Gasteiger partial charge in [-0.3, -0.25) is 0 Å². The molecule has 0 radical (unpaired) electrons. The lowest BCUT2D eigenvalue weighted by Gasteiger charge is -2.37. The first-order chi connectivity index (χ1) is 14.3. The van der Waals surface area contributed by atoms with Crippen LogP contribution in [0.3, 0.4) is 0 Å². The molecule has 0 heterocycles. The minimum atomic E-state index is 0.637. The molecule has 2 saturated carbocycles. The van der Waals surface area contributed by atoms with Crippen LogP contribution < -0.4 is 4.74 Å². The van der Waals surface area contributed by atoms with Crippen LogP contribution in [0.15, 0.2) is 61.2 Å². The Morgan fingerprint density at radius 2 is 1.52 bits per heavy atom. The predicted octanol–water partition coefficient (Wildman–Crippen LogP) is 8.06. The summed E-state index contributed by atoms with van der Waals surface area (Å²) in [4.78, 5) is 0. The molecule has 154 valence electrons. The van der Waals surface area contributed by atoms with Crippen LogP contribution in [0.2, 0.25) is 0 Å². The molecule has 0 aliphatic heterocycles. The Morgan fingerprint density at radius 3 is 2.21 bits per heavy atom. The standard InChI is InChI=1S/C28H36O/c1-3-5-18-29-28-17-16-26-19-25(14-15-27(26)20-28)24-12-10-23(11-13-24)22-8-6-21(4-2)7-9-22/h3-5,14-17,19-24H,2,6-13,18H2,1H3. The number of rotatable bonds is 6. The van der Waals surface area contributed by atoms with Gasteiger partial charge in [-0.05, 0) is 110 Å². The number of allylic oxidation sites excluding steroid dienone is 2. The summed E-state index contributed by atoms with van der Waals surface area (Å²) in [6.45, 7) is 6.66. The van der Waals surface area contributed by atoms with Crippen LogP contribution in [0.4, 0.5) is 0 Å². The first-order valence-corrected chi connectivity index (χ1v) is 11.7. The quantitative estimate of drug-likeness (QED) is 0.455. The SMILES string of the molecule is C=CC1CCC(C2CCC(c3ccc4cc(OCC=CC)ccc4c3)CC2)CC1. The minimum absolute atomic E-state index is 0.637. The van der Waals surface area contributed by atoms with Gasteiger partial charge in [0.1, 0.15) is 12.4 Å². The molecule has 1 nitrogen and oxygen atoms in total. The van der Waals surface area contributed by atoms with Gasteiger partial charge in [0.15, 0.2) is 0 Å². The van der Waals surface area contributed by atoms with E-state index in [1.54, 1.807) is 0 Å². The summed E-state index contributed by atoms with van der Waals surface area (Å²) >= 11 is 0. The van der Waals surface area contributed by atoms with Gasteiger partial charge in [0.05, 0.1) is 0 Å². The van der Waals surface area contributed by atoms with Gasteiger partial charge in [0.25, 0.3) is 0 Å². The van der Waals surface area contributed by atoms with Crippen molar-refractivity contribution in [1.29, 1.82) is 0 Å². The van der Waals surface area contributed by atoms with Gasteiger partial charge in [0.2, 0.25) is 0 Å². The Labute approximate surface area is 176 Å². The third-order valence-electron chi connectivity index (χ3n) is 7.48. The molecule has 2 aliphatic rings. The molecule has 0 spiro atoms. The van der Waals surface area contributed by atoms with Crippen LogP contribution in [-0.4, -0.2) is 6.61 Å². The summed E-state index contributed by atoms with van der Waals surface area (Å²) in [6, 6.07) is 13.6. The van der Waals surface area contributed by atoms with E-state index in [0.29, 0.717) is 6.61 Å². The van der Waals surface area contributed by atoms with Gasteiger partial charge in [-0.2, -0.15) is 0 Å². The molecule has 0 atom stereocenters. The Morgan fingerprint density at radius 1 is 0.862 bits per heavy atom. The van der Waals surface area contributed by atoms with E-state index < -0.39 is 0 Å². The molecule has 0 amide bonds. The number of fused-ring (bicyclic) bond motifs is 1. The maximum absolute atomic E-state index is 5.79. The fourth-order valence-electron chi connectivity index (χ4n) is 5.60. The molecule has 0 unspecified atom stereocenters. The van der Waals surface area contributed by atoms with Crippen molar-refractivity contribution in [3.63, 3.8) is 0 Å². The number of hydrogen-bond donors (Lipinski definition) is 0. The summed E-state index contributed by atoms with van der Waals surface area (Å²) in [5, 5.41) is 2.62. The van der Waals surface area contributed by atoms with Crippen molar-refractivity contribution < 1.29 is 4.74 Å². The second kappa shape index (κ2) is 9.65. The van der Waals surface area contributed by atoms with E-state index >= 15 is 0 Å². The zero-order chi connectivity index (χ0) is 20.1. The van der Waals surface area contributed by atoms with Crippen molar-refractivity contribution in [2.45, 2.75) is 64.2 Å². The minimum Gasteiger partial charge on any atom is -0.490 e. The Kier molecular flexibility index (Phi) is 6.74. The molecular weight excluding hydrogens is 352 g/mol. The summed E-state index contributed by atoms with van der Waals surface area (Å²) in [6.07, 6.45) is 17.4. The van der Waals surface area contributed by atoms with Gasteiger partial charge in [-0.25, -0.2) is 0 Å². The van der Waals surface area contributed by atoms with Gasteiger partial charge >= 0.3 is 0 Å². The third kappa shape index (κ3) is 4.94. The zero-order valence-corrected chi connectivity index (χ0v) is 18.0. The second-order valence-electron chi connectivity index (χ2n) is 9.17. The van der Waals surface area contributed by atoms with E-state index in [-0.39, 0.29) is 0 Å². The Bertz CT molecular complexity index is 833. The Balaban J connectivity index is 1.35. The molecule has 2 fully saturated rings. The van der Waals surface area contributed by atoms with E-state index in [2.05, 4.69) is 49.1 Å². The highest BCUT2D eigenvalue weighted by molar-refractivity contribution is 5.84. The molecule has 0 bridgehead atoms. The van der Waals surface area contributed by atoms with E-state index in [9.17, 15) is 0 Å². The van der Waals surface area contributed by atoms with E-state index in [1.807, 2.05) is 19.1 Å². The van der Waals surface area contributed by atoms with Crippen molar-refractivity contribution in [2.75, 3.05) is 6.61 Å². The maximum atomic E-state index is 5.79. The molecule has 1 heteroatoms. The van der Waals surface area contributed by atoms with Crippen molar-refractivity contribution >= 4 is 10.8 Å². The van der Waals surface area contributed by atoms with Crippen LogP contribution in [0.25, 0.3) is 10.8 Å². The number of hydrogen-bond acceptors (Lipinski definition) is 1. The third-order valence-corrected chi connectivity index (χ3v) is 7.48. The first kappa shape index (κ1) is 20.3. The van der Waals surface area contributed by atoms with Crippen LogP contribution >= 0.6 is 0 Å². The van der Waals surface area contributed by atoms with E-state index in [4.69, 9.17) is 4.74 Å². The molecule has 29 heavy (non-hydrogen) atoms. The van der Waals surface area contributed by atoms with Crippen LogP contribution in [0, 0.1) is 17.8 Å². The van der Waals surface area contributed by atoms with E-state index in [0.717, 1.165) is 29.4 Å². The average molecular weight is 389 g/mol. The maximum Gasteiger partial charge on any atom is 0.120 e. The van der Waals surface area contributed by atoms with Crippen molar-refractivity contribution in [1.82, 2.24) is 0 Å². The van der Waals surface area contributed by atoms with Crippen LogP contribution in [-0.2, 0) is 0 Å². The normalized spacial score (nSPS) is 27.9. The van der Waals surface area contributed by atoms with Gasteiger partial charge < -0.3 is 4.74 Å². The highest BCUT2D eigenvalue weighted by Crippen LogP contribution is 2.44. The highest BCUT2D eigenvalue weighted by atomic mass is 16.5. The molecular formula is C28H36O. The van der Waals surface area contributed by atoms with Gasteiger partial charge in [-0.1, -0.05) is 42.5 Å². The predicted molar refractivity (Wildman–Crippen MR) is 125 cm³/mol. The lowest BCUT2D eigenvalue weighted by molar-refractivity contribution is 0.171. The molecule has 4 rings (SSSR count). The zero-order valence-electron chi connectivity index (χ0n) is 18.0. The average Bonchev–Trinajstić information content (AvgIpc) is 2.79. The van der Waals surface area contributed by atoms with Crippen molar-refractivity contribution in [2.24, 2.45) is 17.8 Å². The number of benzene rings is 2. The summed E-state index contributed by atoms with van der Waals surface area (Å²) in [7, 11) is 0. The van der Waals surface area contributed by atoms with Crippen LogP contribution in [0.1, 0.15) is 69.8 Å². The summed E-state index contributed by atoms with van der Waals surface area (Å²) < 4.78 is 5.79.